The van der Waals surface area contributed by atoms with Gasteiger partial charge in [-0.25, -0.2) is 4.79 Å². The summed E-state index contributed by atoms with van der Waals surface area (Å²) in [4.78, 5) is 24.9. The zero-order valence-electron chi connectivity index (χ0n) is 19.2. The molecule has 0 spiro atoms. The maximum absolute atomic E-state index is 13.9. The Balaban J connectivity index is 1.97. The van der Waals surface area contributed by atoms with E-state index in [1.54, 1.807) is 6.92 Å². The lowest BCUT2D eigenvalue weighted by Gasteiger charge is -2.15. The van der Waals surface area contributed by atoms with Crippen LogP contribution in [0.25, 0.3) is 22.1 Å². The zero-order valence-corrected chi connectivity index (χ0v) is 19.2. The third-order valence-corrected chi connectivity index (χ3v) is 4.85. The highest BCUT2D eigenvalue weighted by Gasteiger charge is 2.39. The Morgan fingerprint density at radius 2 is 1.74 bits per heavy atom. The van der Waals surface area contributed by atoms with E-state index in [0.29, 0.717) is 6.61 Å². The zero-order chi connectivity index (χ0) is 25.6. The van der Waals surface area contributed by atoms with Crippen molar-refractivity contribution in [3.63, 3.8) is 0 Å². The molecular formula is C24H23F3O8. The van der Waals surface area contributed by atoms with Gasteiger partial charge < -0.3 is 28.1 Å². The standard InChI is InChI=1S/C24H23F3O8/c1-4-32-9-10-33-20(28)13-34-15-6-7-16-18(12-15)35-23(24(25,26)27)21(22(16)29)14-5-8-17(30-2)19(11-14)31-3/h5-8,11-12H,4,9-10,13H2,1-3H3. The number of carbonyl (C=O) groups is 1. The number of ether oxygens (including phenoxy) is 5. The average molecular weight is 496 g/mol. The van der Waals surface area contributed by atoms with Crippen molar-refractivity contribution >= 4 is 16.9 Å². The molecule has 0 amide bonds. The Hall–Kier alpha value is -3.73. The number of hydrogen-bond donors (Lipinski definition) is 0. The number of benzene rings is 2. The van der Waals surface area contributed by atoms with E-state index < -0.39 is 35.5 Å². The highest BCUT2D eigenvalue weighted by Crippen LogP contribution is 2.40. The van der Waals surface area contributed by atoms with E-state index in [4.69, 9.17) is 28.1 Å². The molecule has 35 heavy (non-hydrogen) atoms. The maximum Gasteiger partial charge on any atom is 0.450 e. The number of methoxy groups -OCH3 is 2. The lowest BCUT2D eigenvalue weighted by molar-refractivity contribution is -0.152. The van der Waals surface area contributed by atoms with Gasteiger partial charge in [-0.2, -0.15) is 13.2 Å². The Bertz CT molecular complexity index is 1250. The highest BCUT2D eigenvalue weighted by molar-refractivity contribution is 5.84. The van der Waals surface area contributed by atoms with Gasteiger partial charge in [0.05, 0.1) is 31.8 Å². The summed E-state index contributed by atoms with van der Waals surface area (Å²) in [6.45, 7) is 2.05. The monoisotopic (exact) mass is 496 g/mol. The quantitative estimate of drug-likeness (QED) is 0.300. The lowest BCUT2D eigenvalue weighted by atomic mass is 10.0. The van der Waals surface area contributed by atoms with Gasteiger partial charge in [0, 0.05) is 12.7 Å². The molecule has 0 fully saturated rings. The summed E-state index contributed by atoms with van der Waals surface area (Å²) in [6.07, 6.45) is -4.98. The molecule has 1 heterocycles. The minimum absolute atomic E-state index is 0.0226. The fourth-order valence-electron chi connectivity index (χ4n) is 3.26. The second kappa shape index (κ2) is 11.1. The van der Waals surface area contributed by atoms with Crippen molar-refractivity contribution in [2.45, 2.75) is 13.1 Å². The summed E-state index contributed by atoms with van der Waals surface area (Å²) in [5, 5.41) is -0.102. The minimum atomic E-state index is -4.98. The molecule has 11 heteroatoms. The molecule has 3 aromatic rings. The van der Waals surface area contributed by atoms with Gasteiger partial charge in [-0.15, -0.1) is 0 Å². The first kappa shape index (κ1) is 25.9. The van der Waals surface area contributed by atoms with Crippen LogP contribution in [0.4, 0.5) is 13.2 Å². The maximum atomic E-state index is 13.9. The molecule has 0 aliphatic rings. The molecule has 0 radical (unpaired) electrons. The summed E-state index contributed by atoms with van der Waals surface area (Å²) >= 11 is 0. The molecule has 0 saturated carbocycles. The molecule has 1 aromatic heterocycles. The number of rotatable bonds is 10. The largest absolute Gasteiger partial charge is 0.493 e. The van der Waals surface area contributed by atoms with Gasteiger partial charge >= 0.3 is 12.1 Å². The van der Waals surface area contributed by atoms with E-state index in [1.165, 1.54) is 44.6 Å². The van der Waals surface area contributed by atoms with Crippen LogP contribution in [0, 0.1) is 0 Å². The number of carbonyl (C=O) groups excluding carboxylic acids is 1. The predicted molar refractivity (Wildman–Crippen MR) is 119 cm³/mol. The van der Waals surface area contributed by atoms with Gasteiger partial charge in [0.2, 0.25) is 11.2 Å². The molecule has 0 N–H and O–H groups in total. The summed E-state index contributed by atoms with van der Waals surface area (Å²) in [6, 6.07) is 7.68. The van der Waals surface area contributed by atoms with Crippen molar-refractivity contribution < 1.29 is 46.1 Å². The summed E-state index contributed by atoms with van der Waals surface area (Å²) in [7, 11) is 2.70. The SMILES string of the molecule is CCOCCOC(=O)COc1ccc2c(=O)c(-c3ccc(OC)c(OC)c3)c(C(F)(F)F)oc2c1. The first-order valence-electron chi connectivity index (χ1n) is 10.5. The Labute approximate surface area is 198 Å². The first-order valence-corrected chi connectivity index (χ1v) is 10.5. The van der Waals surface area contributed by atoms with Crippen molar-refractivity contribution in [3.05, 3.63) is 52.4 Å². The third-order valence-electron chi connectivity index (χ3n) is 4.85. The van der Waals surface area contributed by atoms with Crippen LogP contribution in [0.3, 0.4) is 0 Å². The van der Waals surface area contributed by atoms with Gasteiger partial charge in [0.1, 0.15) is 17.9 Å². The van der Waals surface area contributed by atoms with Crippen LogP contribution in [0.5, 0.6) is 17.2 Å². The van der Waals surface area contributed by atoms with Crippen LogP contribution in [-0.2, 0) is 20.4 Å². The molecule has 0 unspecified atom stereocenters. The number of fused-ring (bicyclic) bond motifs is 1. The van der Waals surface area contributed by atoms with Crippen molar-refractivity contribution in [1.82, 2.24) is 0 Å². The predicted octanol–water partition coefficient (Wildman–Crippen LogP) is 4.45. The molecule has 0 atom stereocenters. The molecule has 0 saturated heterocycles. The number of alkyl halides is 3. The molecule has 0 aliphatic heterocycles. The van der Waals surface area contributed by atoms with E-state index in [2.05, 4.69) is 0 Å². The van der Waals surface area contributed by atoms with Crippen LogP contribution in [0.15, 0.2) is 45.6 Å². The number of esters is 1. The fraction of sp³-hybridized carbons (Fsp3) is 0.333. The van der Waals surface area contributed by atoms with Crippen LogP contribution in [0.1, 0.15) is 12.7 Å². The van der Waals surface area contributed by atoms with E-state index in [1.807, 2.05) is 0 Å². The molecule has 0 bridgehead atoms. The summed E-state index contributed by atoms with van der Waals surface area (Å²) in [5.41, 5.74) is -1.97. The van der Waals surface area contributed by atoms with Crippen molar-refractivity contribution in [2.75, 3.05) is 40.6 Å². The van der Waals surface area contributed by atoms with Crippen LogP contribution >= 0.6 is 0 Å². The van der Waals surface area contributed by atoms with Crippen molar-refractivity contribution in [3.8, 4) is 28.4 Å². The van der Waals surface area contributed by atoms with Gasteiger partial charge in [-0.1, -0.05) is 6.07 Å². The molecule has 2 aromatic carbocycles. The Kier molecular flexibility index (Phi) is 8.23. The highest BCUT2D eigenvalue weighted by atomic mass is 19.4. The third kappa shape index (κ3) is 6.04. The number of halogens is 3. The average Bonchev–Trinajstić information content (AvgIpc) is 2.84. The van der Waals surface area contributed by atoms with Crippen molar-refractivity contribution in [1.29, 1.82) is 0 Å². The van der Waals surface area contributed by atoms with Crippen LogP contribution in [0.2, 0.25) is 0 Å². The first-order chi connectivity index (χ1) is 16.7. The smallest absolute Gasteiger partial charge is 0.450 e. The van der Waals surface area contributed by atoms with Crippen LogP contribution < -0.4 is 19.6 Å². The van der Waals surface area contributed by atoms with E-state index >= 15 is 0 Å². The Morgan fingerprint density at radius 1 is 1.00 bits per heavy atom. The topological polar surface area (TPSA) is 93.4 Å². The lowest BCUT2D eigenvalue weighted by Crippen LogP contribution is -2.18. The molecule has 0 aliphatic carbocycles. The summed E-state index contributed by atoms with van der Waals surface area (Å²) in [5.74, 6) is -1.71. The molecule has 8 nitrogen and oxygen atoms in total. The van der Waals surface area contributed by atoms with Crippen molar-refractivity contribution in [2.24, 2.45) is 0 Å². The minimum Gasteiger partial charge on any atom is -0.493 e. The Morgan fingerprint density at radius 3 is 2.40 bits per heavy atom. The van der Waals surface area contributed by atoms with Crippen LogP contribution in [-0.4, -0.2) is 46.6 Å². The molecular weight excluding hydrogens is 473 g/mol. The molecule has 3 rings (SSSR count). The van der Waals surface area contributed by atoms with Gasteiger partial charge in [0.25, 0.3) is 0 Å². The molecule has 188 valence electrons. The van der Waals surface area contributed by atoms with Gasteiger partial charge in [0.15, 0.2) is 18.1 Å². The second-order valence-corrected chi connectivity index (χ2v) is 7.07. The van der Waals surface area contributed by atoms with Gasteiger partial charge in [-0.05, 0) is 36.8 Å². The summed E-state index contributed by atoms with van der Waals surface area (Å²) < 4.78 is 72.4. The van der Waals surface area contributed by atoms with E-state index in [0.717, 1.165) is 6.07 Å². The van der Waals surface area contributed by atoms with E-state index in [-0.39, 0.29) is 47.0 Å². The number of hydrogen-bond acceptors (Lipinski definition) is 8. The second-order valence-electron chi connectivity index (χ2n) is 7.07. The normalized spacial score (nSPS) is 11.4. The van der Waals surface area contributed by atoms with E-state index in [9.17, 15) is 22.8 Å². The van der Waals surface area contributed by atoms with Gasteiger partial charge in [-0.3, -0.25) is 4.79 Å². The fourth-order valence-corrected chi connectivity index (χ4v) is 3.26.